The quantitative estimate of drug-likeness (QED) is 0.852. The molecule has 3 nitrogen and oxygen atoms in total. The maximum absolute atomic E-state index is 14.0. The van der Waals surface area contributed by atoms with Crippen molar-refractivity contribution in [1.29, 1.82) is 0 Å². The molecule has 0 radical (unpaired) electrons. The van der Waals surface area contributed by atoms with Crippen LogP contribution < -0.4 is 10.5 Å². The van der Waals surface area contributed by atoms with Gasteiger partial charge in [-0.25, -0.2) is 4.39 Å². The van der Waals surface area contributed by atoms with E-state index in [4.69, 9.17) is 15.2 Å². The van der Waals surface area contributed by atoms with Crippen molar-refractivity contribution < 1.29 is 13.9 Å². The van der Waals surface area contributed by atoms with Crippen molar-refractivity contribution in [3.8, 4) is 5.75 Å². The first-order valence-corrected chi connectivity index (χ1v) is 6.91. The number of hydrogen-bond acceptors (Lipinski definition) is 3. The lowest BCUT2D eigenvalue weighted by atomic mass is 10.1. The Hall–Kier alpha value is -1.91. The monoisotopic (exact) mass is 289 g/mol. The second-order valence-corrected chi connectivity index (χ2v) is 4.77. The molecular formula is C17H20FNO2. The molecule has 2 aromatic carbocycles. The number of rotatable bonds is 7. The number of hydrogen-bond donors (Lipinski definition) is 1. The third kappa shape index (κ3) is 4.28. The predicted molar refractivity (Wildman–Crippen MR) is 80.6 cm³/mol. The summed E-state index contributed by atoms with van der Waals surface area (Å²) in [6.45, 7) is 1.07. The van der Waals surface area contributed by atoms with Crippen molar-refractivity contribution in [1.82, 2.24) is 0 Å². The van der Waals surface area contributed by atoms with Crippen molar-refractivity contribution in [2.75, 3.05) is 13.7 Å². The molecule has 0 amide bonds. The van der Waals surface area contributed by atoms with Crippen LogP contribution in [0.2, 0.25) is 0 Å². The van der Waals surface area contributed by atoms with Crippen molar-refractivity contribution in [2.24, 2.45) is 5.73 Å². The molecule has 112 valence electrons. The topological polar surface area (TPSA) is 44.5 Å². The lowest BCUT2D eigenvalue weighted by molar-refractivity contribution is 0.202. The smallest absolute Gasteiger partial charge is 0.134 e. The summed E-state index contributed by atoms with van der Waals surface area (Å²) in [6, 6.07) is 12.9. The van der Waals surface area contributed by atoms with Crippen LogP contribution in [0.4, 0.5) is 4.39 Å². The number of halogens is 1. The summed E-state index contributed by atoms with van der Waals surface area (Å²) < 4.78 is 24.7. The molecule has 0 aromatic heterocycles. The van der Waals surface area contributed by atoms with E-state index in [0.29, 0.717) is 23.5 Å². The fourth-order valence-electron chi connectivity index (χ4n) is 2.04. The van der Waals surface area contributed by atoms with Gasteiger partial charge in [0.15, 0.2) is 0 Å². The fraction of sp³-hybridized carbons (Fsp3) is 0.294. The molecule has 0 aliphatic rings. The van der Waals surface area contributed by atoms with Crippen molar-refractivity contribution in [3.63, 3.8) is 0 Å². The summed E-state index contributed by atoms with van der Waals surface area (Å²) >= 11 is 0. The molecule has 0 heterocycles. The zero-order chi connectivity index (χ0) is 15.1. The van der Waals surface area contributed by atoms with E-state index < -0.39 is 0 Å². The van der Waals surface area contributed by atoms with E-state index in [1.54, 1.807) is 25.3 Å². The normalized spacial score (nSPS) is 10.6. The Balaban J connectivity index is 1.97. The summed E-state index contributed by atoms with van der Waals surface area (Å²) in [5, 5.41) is 0. The predicted octanol–water partition coefficient (Wildman–Crippen LogP) is 3.05. The van der Waals surface area contributed by atoms with E-state index in [1.807, 2.05) is 24.3 Å². The zero-order valence-corrected chi connectivity index (χ0v) is 12.1. The van der Waals surface area contributed by atoms with Gasteiger partial charge in [0.25, 0.3) is 0 Å². The van der Waals surface area contributed by atoms with E-state index in [2.05, 4.69) is 0 Å². The highest BCUT2D eigenvalue weighted by atomic mass is 19.1. The minimum absolute atomic E-state index is 0.188. The van der Waals surface area contributed by atoms with Crippen LogP contribution >= 0.6 is 0 Å². The molecular weight excluding hydrogens is 269 g/mol. The molecule has 4 heteroatoms. The van der Waals surface area contributed by atoms with Crippen molar-refractivity contribution in [2.45, 2.75) is 19.6 Å². The molecule has 0 atom stereocenters. The molecule has 0 unspecified atom stereocenters. The van der Waals surface area contributed by atoms with E-state index in [9.17, 15) is 4.39 Å². The molecule has 0 saturated heterocycles. The summed E-state index contributed by atoms with van der Waals surface area (Å²) in [5.41, 5.74) is 7.69. The molecule has 2 N–H and O–H groups in total. The van der Waals surface area contributed by atoms with Crippen LogP contribution in [0.15, 0.2) is 42.5 Å². The average Bonchev–Trinajstić information content (AvgIpc) is 2.53. The standard InChI is InChI=1S/C17H20FNO2/c1-20-10-9-13-5-7-16(8-6-13)21-12-15-4-2-3-14(11-19)17(15)18/h2-8H,9-12,19H2,1H3. The van der Waals surface area contributed by atoms with Crippen LogP contribution in [-0.4, -0.2) is 13.7 Å². The van der Waals surface area contributed by atoms with Gasteiger partial charge >= 0.3 is 0 Å². The Morgan fingerprint density at radius 3 is 2.43 bits per heavy atom. The highest BCUT2D eigenvalue weighted by Gasteiger charge is 2.07. The SMILES string of the molecule is COCCc1ccc(OCc2cccc(CN)c2F)cc1. The third-order valence-electron chi connectivity index (χ3n) is 3.29. The Bertz CT molecular complexity index is 570. The van der Waals surface area contributed by atoms with Crippen LogP contribution in [0.3, 0.4) is 0 Å². The van der Waals surface area contributed by atoms with E-state index >= 15 is 0 Å². The number of ether oxygens (including phenoxy) is 2. The van der Waals surface area contributed by atoms with E-state index in [-0.39, 0.29) is 19.0 Å². The van der Waals surface area contributed by atoms with Gasteiger partial charge in [-0.2, -0.15) is 0 Å². The molecule has 2 aromatic rings. The van der Waals surface area contributed by atoms with Gasteiger partial charge in [0.1, 0.15) is 18.2 Å². The van der Waals surface area contributed by atoms with E-state index in [0.717, 1.165) is 6.42 Å². The minimum atomic E-state index is -0.281. The van der Waals surface area contributed by atoms with Crippen molar-refractivity contribution in [3.05, 3.63) is 65.0 Å². The lowest BCUT2D eigenvalue weighted by Gasteiger charge is -2.10. The van der Waals surface area contributed by atoms with Gasteiger partial charge in [0, 0.05) is 24.8 Å². The van der Waals surface area contributed by atoms with Crippen LogP contribution in [0.1, 0.15) is 16.7 Å². The van der Waals surface area contributed by atoms with Gasteiger partial charge in [-0.15, -0.1) is 0 Å². The summed E-state index contributed by atoms with van der Waals surface area (Å²) in [6.07, 6.45) is 0.865. The zero-order valence-electron chi connectivity index (χ0n) is 12.1. The molecule has 0 saturated carbocycles. The summed E-state index contributed by atoms with van der Waals surface area (Å²) in [7, 11) is 1.68. The first kappa shape index (κ1) is 15.5. The maximum atomic E-state index is 14.0. The summed E-state index contributed by atoms with van der Waals surface area (Å²) in [4.78, 5) is 0. The Kier molecular flexibility index (Phi) is 5.72. The van der Waals surface area contributed by atoms with Crippen molar-refractivity contribution >= 4 is 0 Å². The Labute approximate surface area is 124 Å². The number of nitrogens with two attached hydrogens (primary N) is 1. The molecule has 0 spiro atoms. The Morgan fingerprint density at radius 2 is 1.76 bits per heavy atom. The molecule has 21 heavy (non-hydrogen) atoms. The van der Waals surface area contributed by atoms with Gasteiger partial charge in [-0.1, -0.05) is 30.3 Å². The highest BCUT2D eigenvalue weighted by molar-refractivity contribution is 5.29. The average molecular weight is 289 g/mol. The first-order valence-electron chi connectivity index (χ1n) is 6.91. The number of benzene rings is 2. The van der Waals surface area contributed by atoms with Crippen LogP contribution in [0.25, 0.3) is 0 Å². The van der Waals surface area contributed by atoms with Crippen LogP contribution in [0.5, 0.6) is 5.75 Å². The summed E-state index contributed by atoms with van der Waals surface area (Å²) in [5.74, 6) is 0.436. The van der Waals surface area contributed by atoms with Gasteiger partial charge in [-0.3, -0.25) is 0 Å². The minimum Gasteiger partial charge on any atom is -0.489 e. The van der Waals surface area contributed by atoms with Gasteiger partial charge in [-0.05, 0) is 24.1 Å². The maximum Gasteiger partial charge on any atom is 0.134 e. The first-order chi connectivity index (χ1) is 10.2. The molecule has 0 bridgehead atoms. The van der Waals surface area contributed by atoms with Crippen LogP contribution in [0, 0.1) is 5.82 Å². The molecule has 0 aliphatic heterocycles. The third-order valence-corrected chi connectivity index (χ3v) is 3.29. The number of methoxy groups -OCH3 is 1. The van der Waals surface area contributed by atoms with Gasteiger partial charge in [0.2, 0.25) is 0 Å². The molecule has 2 rings (SSSR count). The highest BCUT2D eigenvalue weighted by Crippen LogP contribution is 2.17. The van der Waals surface area contributed by atoms with Gasteiger partial charge in [0.05, 0.1) is 6.61 Å². The molecule has 0 fully saturated rings. The lowest BCUT2D eigenvalue weighted by Crippen LogP contribution is -2.05. The largest absolute Gasteiger partial charge is 0.489 e. The van der Waals surface area contributed by atoms with Crippen LogP contribution in [-0.2, 0) is 24.3 Å². The van der Waals surface area contributed by atoms with E-state index in [1.165, 1.54) is 5.56 Å². The van der Waals surface area contributed by atoms with Gasteiger partial charge < -0.3 is 15.2 Å². The Morgan fingerprint density at radius 1 is 1.05 bits per heavy atom. The second kappa shape index (κ2) is 7.76. The molecule has 0 aliphatic carbocycles. The second-order valence-electron chi connectivity index (χ2n) is 4.77. The fourth-order valence-corrected chi connectivity index (χ4v) is 2.04.